The number of ether oxygens (including phenoxy) is 2. The van der Waals surface area contributed by atoms with E-state index in [0.29, 0.717) is 41.8 Å². The van der Waals surface area contributed by atoms with Crippen molar-refractivity contribution in [2.45, 2.75) is 26.7 Å². The van der Waals surface area contributed by atoms with Crippen molar-refractivity contribution in [1.82, 2.24) is 4.98 Å². The van der Waals surface area contributed by atoms with Crippen molar-refractivity contribution in [3.05, 3.63) is 102 Å². The minimum Gasteiger partial charge on any atom is -0.490 e. The fourth-order valence-corrected chi connectivity index (χ4v) is 4.27. The van der Waals surface area contributed by atoms with Crippen LogP contribution < -0.4 is 14.8 Å². The first-order valence-electron chi connectivity index (χ1n) is 13.7. The van der Waals surface area contributed by atoms with Crippen molar-refractivity contribution in [3.63, 3.8) is 0 Å². The Morgan fingerprint density at radius 2 is 1.50 bits per heavy atom. The molecule has 8 heteroatoms. The third-order valence-electron chi connectivity index (χ3n) is 6.27. The topological polar surface area (TPSA) is 115 Å². The number of hydrogen-bond donors (Lipinski definition) is 2. The number of carboxylic acid groups (broad SMARTS) is 1. The quantitative estimate of drug-likeness (QED) is 0.134. The van der Waals surface area contributed by atoms with E-state index in [1.165, 1.54) is 6.08 Å². The Hall–Kier alpha value is -5.24. The van der Waals surface area contributed by atoms with Crippen molar-refractivity contribution in [2.75, 3.05) is 18.5 Å². The monoisotopic (exact) mass is 564 g/mol. The number of nitrogens with zero attached hydrogens (tertiary/aromatic N) is 1. The van der Waals surface area contributed by atoms with Crippen LogP contribution in [0.5, 0.6) is 11.5 Å². The van der Waals surface area contributed by atoms with Gasteiger partial charge in [0, 0.05) is 30.0 Å². The van der Waals surface area contributed by atoms with Crippen molar-refractivity contribution in [2.24, 2.45) is 0 Å². The van der Waals surface area contributed by atoms with E-state index in [1.807, 2.05) is 74.5 Å². The summed E-state index contributed by atoms with van der Waals surface area (Å²) >= 11 is 0. The van der Waals surface area contributed by atoms with E-state index in [9.17, 15) is 14.4 Å². The van der Waals surface area contributed by atoms with Crippen LogP contribution in [-0.4, -0.2) is 41.0 Å². The van der Waals surface area contributed by atoms with Crippen LogP contribution in [0.1, 0.15) is 42.6 Å². The predicted molar refractivity (Wildman–Crippen MR) is 163 cm³/mol. The lowest BCUT2D eigenvalue weighted by Gasteiger charge is -2.12. The molecule has 0 saturated carbocycles. The van der Waals surface area contributed by atoms with Crippen LogP contribution in [-0.2, 0) is 9.59 Å². The molecule has 0 atom stereocenters. The fourth-order valence-electron chi connectivity index (χ4n) is 4.27. The number of carbonyl (C=O) groups excluding carboxylic acids is 2. The highest BCUT2D eigenvalue weighted by molar-refractivity contribution is 6.00. The van der Waals surface area contributed by atoms with E-state index in [0.717, 1.165) is 28.3 Å². The number of hydrogen-bond acceptors (Lipinski definition) is 6. The normalized spacial score (nSPS) is 10.8. The predicted octanol–water partition coefficient (Wildman–Crippen LogP) is 6.91. The number of aromatic nitrogens is 1. The van der Waals surface area contributed by atoms with Crippen LogP contribution >= 0.6 is 0 Å². The van der Waals surface area contributed by atoms with Gasteiger partial charge < -0.3 is 19.9 Å². The zero-order valence-corrected chi connectivity index (χ0v) is 23.5. The van der Waals surface area contributed by atoms with E-state index in [2.05, 4.69) is 10.3 Å². The van der Waals surface area contributed by atoms with Gasteiger partial charge in [0.25, 0.3) is 0 Å². The van der Waals surface area contributed by atoms with Gasteiger partial charge in [0.2, 0.25) is 5.91 Å². The molecule has 1 amide bonds. The first kappa shape index (κ1) is 29.7. The molecule has 0 bridgehead atoms. The number of amides is 1. The molecule has 8 nitrogen and oxygen atoms in total. The molecule has 0 unspecified atom stereocenters. The third kappa shape index (κ3) is 8.14. The maximum atomic E-state index is 12.9. The number of nitrogens with one attached hydrogen (secondary N) is 1. The SMILES string of the molecule is CCOc1ccc(C(=O)CCC(=O)Nc2cc(-c3ccc(/C=C/C(=O)O)cc3)cc(-c3ccccc3)n2)cc1OCC. The maximum Gasteiger partial charge on any atom is 0.328 e. The summed E-state index contributed by atoms with van der Waals surface area (Å²) in [6, 6.07) is 25.7. The highest BCUT2D eigenvalue weighted by atomic mass is 16.5. The second-order valence-electron chi connectivity index (χ2n) is 9.28. The van der Waals surface area contributed by atoms with Gasteiger partial charge in [0.15, 0.2) is 17.3 Å². The summed E-state index contributed by atoms with van der Waals surface area (Å²) in [4.78, 5) is 41.3. The Bertz CT molecular complexity index is 1580. The summed E-state index contributed by atoms with van der Waals surface area (Å²) < 4.78 is 11.2. The first-order valence-corrected chi connectivity index (χ1v) is 13.7. The average molecular weight is 565 g/mol. The molecular formula is C34H32N2O6. The second-order valence-corrected chi connectivity index (χ2v) is 9.28. The number of ketones is 1. The third-order valence-corrected chi connectivity index (χ3v) is 6.27. The van der Waals surface area contributed by atoms with Crippen molar-refractivity contribution < 1.29 is 29.0 Å². The standard InChI is InChI=1S/C34H32N2O6/c1-3-41-30-17-15-26(21-31(30)42-4-2)29(37)16-18-33(38)36-32-22-27(20-28(35-32)25-8-6-5-7-9-25)24-13-10-23(11-14-24)12-19-34(39)40/h5-15,17,19-22H,3-4,16,18H2,1-2H3,(H,39,40)(H,35,36,38)/b19-12+. The largest absolute Gasteiger partial charge is 0.490 e. The molecule has 4 rings (SSSR count). The Balaban J connectivity index is 1.51. The van der Waals surface area contributed by atoms with Gasteiger partial charge in [0.05, 0.1) is 18.9 Å². The molecule has 1 aromatic heterocycles. The molecule has 3 aromatic carbocycles. The highest BCUT2D eigenvalue weighted by Crippen LogP contribution is 2.30. The van der Waals surface area contributed by atoms with Gasteiger partial charge in [-0.1, -0.05) is 54.6 Å². The number of rotatable bonds is 13. The summed E-state index contributed by atoms with van der Waals surface area (Å²) in [6.45, 7) is 4.64. The Morgan fingerprint density at radius 3 is 2.19 bits per heavy atom. The van der Waals surface area contributed by atoms with Crippen LogP contribution in [0.3, 0.4) is 0 Å². The summed E-state index contributed by atoms with van der Waals surface area (Å²) in [5, 5.41) is 11.7. The van der Waals surface area contributed by atoms with E-state index in [1.54, 1.807) is 24.3 Å². The number of aliphatic carboxylic acids is 1. The summed E-state index contributed by atoms with van der Waals surface area (Å²) in [5.74, 6) is -0.110. The van der Waals surface area contributed by atoms with Gasteiger partial charge in [-0.25, -0.2) is 9.78 Å². The van der Waals surface area contributed by atoms with Gasteiger partial charge in [-0.15, -0.1) is 0 Å². The van der Waals surface area contributed by atoms with E-state index < -0.39 is 5.97 Å². The minimum atomic E-state index is -1.02. The van der Waals surface area contributed by atoms with Crippen LogP contribution in [0.2, 0.25) is 0 Å². The number of benzene rings is 3. The van der Waals surface area contributed by atoms with Crippen LogP contribution in [0.25, 0.3) is 28.5 Å². The van der Waals surface area contributed by atoms with Crippen molar-refractivity contribution >= 4 is 29.6 Å². The summed E-state index contributed by atoms with van der Waals surface area (Å²) in [7, 11) is 0. The maximum absolute atomic E-state index is 12.9. The lowest BCUT2D eigenvalue weighted by atomic mass is 10.0. The summed E-state index contributed by atoms with van der Waals surface area (Å²) in [6.07, 6.45) is 2.60. The van der Waals surface area contributed by atoms with Gasteiger partial charge >= 0.3 is 5.97 Å². The molecule has 2 N–H and O–H groups in total. The lowest BCUT2D eigenvalue weighted by molar-refractivity contribution is -0.131. The second kappa shape index (κ2) is 14.4. The zero-order chi connectivity index (χ0) is 29.9. The molecule has 0 fully saturated rings. The number of carboxylic acids is 1. The van der Waals surface area contributed by atoms with Gasteiger partial charge in [-0.3, -0.25) is 9.59 Å². The van der Waals surface area contributed by atoms with Crippen LogP contribution in [0, 0.1) is 0 Å². The molecule has 0 spiro atoms. The van der Waals surface area contributed by atoms with Crippen molar-refractivity contribution in [3.8, 4) is 33.9 Å². The van der Waals surface area contributed by atoms with Crippen LogP contribution in [0.15, 0.2) is 91.0 Å². The smallest absolute Gasteiger partial charge is 0.328 e. The van der Waals surface area contributed by atoms with E-state index >= 15 is 0 Å². The molecule has 4 aromatic rings. The molecule has 0 saturated heterocycles. The van der Waals surface area contributed by atoms with E-state index in [4.69, 9.17) is 14.6 Å². The molecule has 1 heterocycles. The highest BCUT2D eigenvalue weighted by Gasteiger charge is 2.15. The van der Waals surface area contributed by atoms with E-state index in [-0.39, 0.29) is 24.5 Å². The number of Topliss-reactive ketones (excluding diaryl/α,β-unsaturated/α-hetero) is 1. The Labute approximate surface area is 244 Å². The fraction of sp³-hybridized carbons (Fsp3) is 0.176. The molecule has 0 aliphatic carbocycles. The Morgan fingerprint density at radius 1 is 0.786 bits per heavy atom. The van der Waals surface area contributed by atoms with Gasteiger partial charge in [-0.2, -0.15) is 0 Å². The molecule has 0 aliphatic heterocycles. The van der Waals surface area contributed by atoms with Crippen molar-refractivity contribution in [1.29, 1.82) is 0 Å². The minimum absolute atomic E-state index is 0.0158. The molecule has 214 valence electrons. The van der Waals surface area contributed by atoms with Gasteiger partial charge in [-0.05, 0) is 66.9 Å². The number of pyridine rings is 1. The summed E-state index contributed by atoms with van der Waals surface area (Å²) in [5.41, 5.74) is 4.44. The lowest BCUT2D eigenvalue weighted by Crippen LogP contribution is -2.15. The first-order chi connectivity index (χ1) is 20.4. The van der Waals surface area contributed by atoms with Gasteiger partial charge in [0.1, 0.15) is 5.82 Å². The Kier molecular flexibility index (Phi) is 10.2. The van der Waals surface area contributed by atoms with Crippen LogP contribution in [0.4, 0.5) is 5.82 Å². The molecule has 0 radical (unpaired) electrons. The zero-order valence-electron chi connectivity index (χ0n) is 23.5. The number of carbonyl (C=O) groups is 3. The number of anilines is 1. The average Bonchev–Trinajstić information content (AvgIpc) is 3.00. The molecular weight excluding hydrogens is 532 g/mol. The molecule has 0 aliphatic rings. The molecule has 42 heavy (non-hydrogen) atoms.